The molecule has 0 bridgehead atoms. The van der Waals surface area contributed by atoms with E-state index in [1.165, 1.54) is 103 Å². The number of hydrogen-bond donors (Lipinski definition) is 1. The van der Waals surface area contributed by atoms with E-state index >= 15 is 0 Å². The van der Waals surface area contributed by atoms with Gasteiger partial charge < -0.3 is 9.74 Å². The van der Waals surface area contributed by atoms with E-state index in [1.54, 1.807) is 0 Å². The lowest BCUT2D eigenvalue weighted by molar-refractivity contribution is 0.110. The van der Waals surface area contributed by atoms with Crippen molar-refractivity contribution in [3.63, 3.8) is 0 Å². The van der Waals surface area contributed by atoms with Gasteiger partial charge in [-0.3, -0.25) is 0 Å². The fourth-order valence-electron chi connectivity index (χ4n) is 3.93. The van der Waals surface area contributed by atoms with Crippen LogP contribution in [-0.2, 0) is 4.84 Å². The van der Waals surface area contributed by atoms with Gasteiger partial charge in [-0.1, -0.05) is 110 Å². The Bertz CT molecular complexity index is 287. The van der Waals surface area contributed by atoms with Crippen LogP contribution in [0.5, 0.6) is 0 Å². The van der Waals surface area contributed by atoms with Gasteiger partial charge in [0.15, 0.2) is 0 Å². The first-order chi connectivity index (χ1) is 13.8. The molecular weight excluding hydrogens is 344 g/mol. The van der Waals surface area contributed by atoms with Crippen molar-refractivity contribution in [2.24, 2.45) is 11.8 Å². The first kappa shape index (κ1) is 27.5. The van der Waals surface area contributed by atoms with Crippen LogP contribution in [0.3, 0.4) is 0 Å². The standard InChI is InChI=1S/C16H34.C9H18N2O/c1-3-5-7-9-11-13-15-16-14-12-10-8-6-4-2;1-2-11-6-3-9(4-7-11)5-8-12-10/h3-16H2,1-2H3;2,9H,1,3-8,10H2. The summed E-state index contributed by atoms with van der Waals surface area (Å²) in [5.41, 5.74) is 0. The molecule has 1 saturated heterocycles. The van der Waals surface area contributed by atoms with Crippen molar-refractivity contribution in [3.05, 3.63) is 12.8 Å². The minimum absolute atomic E-state index is 0.693. The van der Waals surface area contributed by atoms with E-state index in [0.29, 0.717) is 6.61 Å². The van der Waals surface area contributed by atoms with Crippen molar-refractivity contribution < 1.29 is 4.84 Å². The quantitative estimate of drug-likeness (QED) is 0.203. The van der Waals surface area contributed by atoms with Crippen LogP contribution in [0.25, 0.3) is 0 Å². The number of unbranched alkanes of at least 4 members (excludes halogenated alkanes) is 13. The summed E-state index contributed by atoms with van der Waals surface area (Å²) in [5, 5.41) is 0. The second-order valence-electron chi connectivity index (χ2n) is 8.56. The molecule has 3 heteroatoms. The van der Waals surface area contributed by atoms with Crippen LogP contribution in [-0.4, -0.2) is 24.6 Å². The Kier molecular flexibility index (Phi) is 22.3. The molecule has 1 rings (SSSR count). The Morgan fingerprint density at radius 1 is 0.786 bits per heavy atom. The van der Waals surface area contributed by atoms with Crippen LogP contribution in [0.2, 0.25) is 0 Å². The normalized spacial score (nSPS) is 14.6. The number of piperidine rings is 1. The first-order valence-electron chi connectivity index (χ1n) is 12.5. The van der Waals surface area contributed by atoms with Crippen LogP contribution >= 0.6 is 0 Å². The summed E-state index contributed by atoms with van der Waals surface area (Å²) in [6.45, 7) is 11.3. The van der Waals surface area contributed by atoms with Crippen LogP contribution in [0.1, 0.15) is 123 Å². The molecule has 0 radical (unpaired) electrons. The molecule has 0 aromatic heterocycles. The fraction of sp³-hybridized carbons (Fsp3) is 0.920. The molecule has 0 unspecified atom stereocenters. The molecule has 0 aliphatic carbocycles. The third-order valence-corrected chi connectivity index (χ3v) is 6.01. The number of rotatable bonds is 17. The highest BCUT2D eigenvalue weighted by molar-refractivity contribution is 4.78. The van der Waals surface area contributed by atoms with Gasteiger partial charge in [-0.2, -0.15) is 0 Å². The molecule has 0 aromatic carbocycles. The van der Waals surface area contributed by atoms with Crippen molar-refractivity contribution in [2.45, 2.75) is 123 Å². The van der Waals surface area contributed by atoms with Crippen molar-refractivity contribution in [1.82, 2.24) is 4.90 Å². The average molecular weight is 397 g/mol. The molecule has 168 valence electrons. The summed E-state index contributed by atoms with van der Waals surface area (Å²) < 4.78 is 0. The summed E-state index contributed by atoms with van der Waals surface area (Å²) >= 11 is 0. The average Bonchev–Trinajstić information content (AvgIpc) is 2.74. The van der Waals surface area contributed by atoms with Gasteiger partial charge in [-0.25, -0.2) is 5.90 Å². The predicted molar refractivity (Wildman–Crippen MR) is 125 cm³/mol. The molecule has 1 aliphatic rings. The third kappa shape index (κ3) is 18.8. The summed E-state index contributed by atoms with van der Waals surface area (Å²) in [5.74, 6) is 5.77. The van der Waals surface area contributed by atoms with Gasteiger partial charge in [0.2, 0.25) is 0 Å². The zero-order valence-corrected chi connectivity index (χ0v) is 19.4. The Morgan fingerprint density at radius 2 is 1.18 bits per heavy atom. The zero-order valence-electron chi connectivity index (χ0n) is 19.4. The van der Waals surface area contributed by atoms with E-state index in [1.807, 2.05) is 6.20 Å². The molecule has 0 saturated carbocycles. The molecule has 0 amide bonds. The Balaban J connectivity index is 0.000000540. The number of hydrogen-bond acceptors (Lipinski definition) is 3. The van der Waals surface area contributed by atoms with Crippen LogP contribution in [0.4, 0.5) is 0 Å². The van der Waals surface area contributed by atoms with Crippen molar-refractivity contribution in [1.29, 1.82) is 0 Å². The Morgan fingerprint density at radius 3 is 1.50 bits per heavy atom. The molecule has 0 aromatic rings. The van der Waals surface area contributed by atoms with E-state index in [4.69, 9.17) is 5.90 Å². The van der Waals surface area contributed by atoms with Gasteiger partial charge in [0.1, 0.15) is 0 Å². The van der Waals surface area contributed by atoms with Gasteiger partial charge in [0.05, 0.1) is 6.61 Å². The largest absolute Gasteiger partial charge is 0.378 e. The molecular formula is C25H52N2O. The summed E-state index contributed by atoms with van der Waals surface area (Å²) in [4.78, 5) is 6.83. The molecule has 0 atom stereocenters. The monoisotopic (exact) mass is 396 g/mol. The van der Waals surface area contributed by atoms with Gasteiger partial charge in [0, 0.05) is 13.1 Å². The molecule has 1 heterocycles. The highest BCUT2D eigenvalue weighted by Gasteiger charge is 2.16. The molecule has 1 aliphatic heterocycles. The third-order valence-electron chi connectivity index (χ3n) is 6.01. The lowest BCUT2D eigenvalue weighted by Crippen LogP contribution is -2.29. The van der Waals surface area contributed by atoms with Crippen molar-refractivity contribution >= 4 is 0 Å². The maximum atomic E-state index is 4.97. The minimum Gasteiger partial charge on any atom is -0.378 e. The van der Waals surface area contributed by atoms with Crippen LogP contribution in [0.15, 0.2) is 12.8 Å². The summed E-state index contributed by atoms with van der Waals surface area (Å²) in [6, 6.07) is 0. The lowest BCUT2D eigenvalue weighted by atomic mass is 9.94. The highest BCUT2D eigenvalue weighted by Crippen LogP contribution is 2.20. The van der Waals surface area contributed by atoms with Gasteiger partial charge >= 0.3 is 0 Å². The van der Waals surface area contributed by atoms with E-state index in [9.17, 15) is 0 Å². The van der Waals surface area contributed by atoms with Gasteiger partial charge in [-0.05, 0) is 31.4 Å². The first-order valence-corrected chi connectivity index (χ1v) is 12.5. The number of likely N-dealkylation sites (tertiary alicyclic amines) is 1. The zero-order chi connectivity index (χ0) is 20.7. The van der Waals surface area contributed by atoms with E-state index in [2.05, 4.69) is 30.2 Å². The number of nitrogens with zero attached hydrogens (tertiary/aromatic N) is 1. The van der Waals surface area contributed by atoms with E-state index in [-0.39, 0.29) is 0 Å². The Labute approximate surface area is 177 Å². The predicted octanol–water partition coefficient (Wildman–Crippen LogP) is 7.61. The Hall–Kier alpha value is -0.540. The number of nitrogens with two attached hydrogens (primary N) is 1. The molecule has 28 heavy (non-hydrogen) atoms. The molecule has 1 fully saturated rings. The van der Waals surface area contributed by atoms with E-state index < -0.39 is 0 Å². The molecule has 3 nitrogen and oxygen atoms in total. The minimum atomic E-state index is 0.693. The topological polar surface area (TPSA) is 38.5 Å². The summed E-state index contributed by atoms with van der Waals surface area (Å²) in [6.07, 6.45) is 25.9. The van der Waals surface area contributed by atoms with Crippen molar-refractivity contribution in [2.75, 3.05) is 19.7 Å². The highest BCUT2D eigenvalue weighted by atomic mass is 16.6. The summed E-state index contributed by atoms with van der Waals surface area (Å²) in [7, 11) is 0. The van der Waals surface area contributed by atoms with E-state index in [0.717, 1.165) is 25.4 Å². The maximum Gasteiger partial charge on any atom is 0.0681 e. The molecule has 2 N–H and O–H groups in total. The van der Waals surface area contributed by atoms with Gasteiger partial charge in [0.25, 0.3) is 0 Å². The second-order valence-corrected chi connectivity index (χ2v) is 8.56. The maximum absolute atomic E-state index is 4.97. The van der Waals surface area contributed by atoms with Crippen molar-refractivity contribution in [3.8, 4) is 0 Å². The lowest BCUT2D eigenvalue weighted by Gasteiger charge is -2.30. The van der Waals surface area contributed by atoms with Crippen LogP contribution < -0.4 is 5.90 Å². The fourth-order valence-corrected chi connectivity index (χ4v) is 3.93. The smallest absolute Gasteiger partial charge is 0.0681 e. The second kappa shape index (κ2) is 22.7. The molecule has 0 spiro atoms. The van der Waals surface area contributed by atoms with Crippen LogP contribution in [0, 0.1) is 5.92 Å². The SMILES string of the molecule is C=CN1CCC(CCON)CC1.CCCCCCCCCCCCCCCC. The van der Waals surface area contributed by atoms with Gasteiger partial charge in [-0.15, -0.1) is 0 Å².